The molecular formula is C13H19N3O2. The normalized spacial score (nSPS) is 14.2. The van der Waals surface area contributed by atoms with Crippen LogP contribution in [0.5, 0.6) is 5.75 Å². The number of hydrogen-bond acceptors (Lipinski definition) is 4. The highest BCUT2D eigenvalue weighted by Crippen LogP contribution is 2.35. The second-order valence-electron chi connectivity index (χ2n) is 4.92. The summed E-state index contributed by atoms with van der Waals surface area (Å²) < 4.78 is 5.87. The molecule has 0 unspecified atom stereocenters. The zero-order chi connectivity index (χ0) is 13.3. The van der Waals surface area contributed by atoms with E-state index >= 15 is 0 Å². The zero-order valence-corrected chi connectivity index (χ0v) is 11.3. The fraction of sp³-hybridized carbons (Fsp3) is 0.538. The molecular weight excluding hydrogens is 230 g/mol. The van der Waals surface area contributed by atoms with Crippen LogP contribution < -0.4 is 9.64 Å². The van der Waals surface area contributed by atoms with Crippen LogP contribution in [-0.4, -0.2) is 50.1 Å². The summed E-state index contributed by atoms with van der Waals surface area (Å²) in [5.41, 5.74) is 1.28. The van der Waals surface area contributed by atoms with Gasteiger partial charge in [-0.25, -0.2) is 4.98 Å². The van der Waals surface area contributed by atoms with Crippen LogP contribution in [0.1, 0.15) is 23.3 Å². The highest BCUT2D eigenvalue weighted by atomic mass is 16.5. The van der Waals surface area contributed by atoms with E-state index in [1.54, 1.807) is 20.3 Å². The van der Waals surface area contributed by atoms with Gasteiger partial charge in [-0.15, -0.1) is 0 Å². The molecule has 0 N–H and O–H groups in total. The molecule has 5 nitrogen and oxygen atoms in total. The number of rotatable bonds is 4. The molecule has 1 amide bonds. The number of ether oxygens (including phenoxy) is 1. The Bertz CT molecular complexity index is 454. The van der Waals surface area contributed by atoms with Gasteiger partial charge >= 0.3 is 0 Å². The molecule has 1 aliphatic carbocycles. The van der Waals surface area contributed by atoms with Crippen molar-refractivity contribution in [3.05, 3.63) is 18.0 Å². The van der Waals surface area contributed by atoms with Crippen molar-refractivity contribution >= 4 is 11.6 Å². The predicted molar refractivity (Wildman–Crippen MR) is 70.2 cm³/mol. The molecule has 0 atom stereocenters. The molecule has 0 saturated heterocycles. The van der Waals surface area contributed by atoms with Crippen molar-refractivity contribution in [1.29, 1.82) is 0 Å². The molecule has 5 heteroatoms. The van der Waals surface area contributed by atoms with E-state index in [4.69, 9.17) is 4.74 Å². The number of anilines is 1. The molecule has 2 rings (SSSR count). The van der Waals surface area contributed by atoms with Gasteiger partial charge < -0.3 is 14.5 Å². The maximum Gasteiger partial charge on any atom is 0.275 e. The van der Waals surface area contributed by atoms with Crippen LogP contribution in [0, 0.1) is 0 Å². The lowest BCUT2D eigenvalue weighted by Gasteiger charge is -2.20. The fourth-order valence-electron chi connectivity index (χ4n) is 1.62. The Morgan fingerprint density at radius 2 is 2.00 bits per heavy atom. The second kappa shape index (κ2) is 4.84. The minimum absolute atomic E-state index is 0.130. The standard InChI is InChI=1S/C13H19N3O2/c1-15(2)10-7-8-14-11(13(17)16(3)4)12(10)18-9-5-6-9/h7-9H,5-6H2,1-4H3. The first-order chi connectivity index (χ1) is 8.50. The van der Waals surface area contributed by atoms with E-state index in [0.717, 1.165) is 18.5 Å². The molecule has 0 spiro atoms. The Labute approximate surface area is 107 Å². The highest BCUT2D eigenvalue weighted by molar-refractivity contribution is 5.96. The summed E-state index contributed by atoms with van der Waals surface area (Å²) >= 11 is 0. The van der Waals surface area contributed by atoms with Crippen molar-refractivity contribution in [3.63, 3.8) is 0 Å². The fourth-order valence-corrected chi connectivity index (χ4v) is 1.62. The van der Waals surface area contributed by atoms with Crippen molar-refractivity contribution < 1.29 is 9.53 Å². The van der Waals surface area contributed by atoms with E-state index in [2.05, 4.69) is 4.98 Å². The molecule has 0 radical (unpaired) electrons. The largest absolute Gasteiger partial charge is 0.486 e. The second-order valence-corrected chi connectivity index (χ2v) is 4.92. The number of carbonyl (C=O) groups is 1. The van der Waals surface area contributed by atoms with Crippen LogP contribution in [0.15, 0.2) is 12.3 Å². The van der Waals surface area contributed by atoms with Gasteiger partial charge in [0.05, 0.1) is 11.8 Å². The Morgan fingerprint density at radius 1 is 1.33 bits per heavy atom. The average molecular weight is 249 g/mol. The van der Waals surface area contributed by atoms with E-state index in [0.29, 0.717) is 11.4 Å². The number of aromatic nitrogens is 1. The van der Waals surface area contributed by atoms with Crippen molar-refractivity contribution in [2.75, 3.05) is 33.1 Å². The zero-order valence-electron chi connectivity index (χ0n) is 11.3. The summed E-state index contributed by atoms with van der Waals surface area (Å²) in [7, 11) is 7.29. The lowest BCUT2D eigenvalue weighted by atomic mass is 10.2. The Kier molecular flexibility index (Phi) is 3.41. The third-order valence-corrected chi connectivity index (χ3v) is 2.78. The third kappa shape index (κ3) is 2.55. The van der Waals surface area contributed by atoms with Gasteiger partial charge in [-0.05, 0) is 18.9 Å². The van der Waals surface area contributed by atoms with Gasteiger partial charge in [0.25, 0.3) is 5.91 Å². The Balaban J connectivity index is 2.42. The lowest BCUT2D eigenvalue weighted by molar-refractivity contribution is 0.0817. The molecule has 1 aromatic heterocycles. The summed E-state index contributed by atoms with van der Waals surface area (Å²) in [6, 6.07) is 1.87. The topological polar surface area (TPSA) is 45.7 Å². The quantitative estimate of drug-likeness (QED) is 0.809. The van der Waals surface area contributed by atoms with Gasteiger partial charge in [-0.1, -0.05) is 0 Å². The highest BCUT2D eigenvalue weighted by Gasteiger charge is 2.29. The number of nitrogens with zero attached hydrogens (tertiary/aromatic N) is 3. The molecule has 1 fully saturated rings. The molecule has 1 saturated carbocycles. The van der Waals surface area contributed by atoms with Gasteiger partial charge in [-0.3, -0.25) is 4.79 Å². The summed E-state index contributed by atoms with van der Waals surface area (Å²) in [5.74, 6) is 0.470. The first-order valence-electron chi connectivity index (χ1n) is 6.05. The van der Waals surface area contributed by atoms with Crippen LogP contribution in [0.25, 0.3) is 0 Å². The van der Waals surface area contributed by atoms with Crippen LogP contribution in [0.4, 0.5) is 5.69 Å². The van der Waals surface area contributed by atoms with E-state index in [-0.39, 0.29) is 12.0 Å². The van der Waals surface area contributed by atoms with E-state index < -0.39 is 0 Å². The van der Waals surface area contributed by atoms with Gasteiger partial charge in [0, 0.05) is 34.4 Å². The average Bonchev–Trinajstić information content (AvgIpc) is 3.11. The van der Waals surface area contributed by atoms with E-state index in [9.17, 15) is 4.79 Å². The van der Waals surface area contributed by atoms with Crippen LogP contribution in [0.3, 0.4) is 0 Å². The van der Waals surface area contributed by atoms with E-state index in [1.165, 1.54) is 4.90 Å². The summed E-state index contributed by atoms with van der Waals surface area (Å²) in [4.78, 5) is 19.7. The number of amides is 1. The predicted octanol–water partition coefficient (Wildman–Crippen LogP) is 1.39. The smallest absolute Gasteiger partial charge is 0.275 e. The molecule has 0 aromatic carbocycles. The van der Waals surface area contributed by atoms with Gasteiger partial charge in [0.15, 0.2) is 11.4 Å². The van der Waals surface area contributed by atoms with Gasteiger partial charge in [0.2, 0.25) is 0 Å². The molecule has 0 aliphatic heterocycles. The molecule has 1 aromatic rings. The lowest BCUT2D eigenvalue weighted by Crippen LogP contribution is -2.25. The van der Waals surface area contributed by atoms with E-state index in [1.807, 2.05) is 25.1 Å². The van der Waals surface area contributed by atoms with Crippen molar-refractivity contribution in [1.82, 2.24) is 9.88 Å². The monoisotopic (exact) mass is 249 g/mol. The SMILES string of the molecule is CN(C)C(=O)c1nccc(N(C)C)c1OC1CC1. The molecule has 98 valence electrons. The third-order valence-electron chi connectivity index (χ3n) is 2.78. The summed E-state index contributed by atoms with van der Waals surface area (Å²) in [5, 5.41) is 0. The van der Waals surface area contributed by atoms with Crippen LogP contribution >= 0.6 is 0 Å². The maximum atomic E-state index is 12.1. The maximum absolute atomic E-state index is 12.1. The Hall–Kier alpha value is -1.78. The molecule has 1 aliphatic rings. The van der Waals surface area contributed by atoms with Crippen LogP contribution in [0.2, 0.25) is 0 Å². The van der Waals surface area contributed by atoms with Gasteiger partial charge in [0.1, 0.15) is 0 Å². The first kappa shape index (κ1) is 12.7. The summed E-state index contributed by atoms with van der Waals surface area (Å²) in [6.45, 7) is 0. The summed E-state index contributed by atoms with van der Waals surface area (Å²) in [6.07, 6.45) is 3.99. The van der Waals surface area contributed by atoms with Crippen molar-refractivity contribution in [2.24, 2.45) is 0 Å². The Morgan fingerprint density at radius 3 is 2.50 bits per heavy atom. The van der Waals surface area contributed by atoms with Crippen molar-refractivity contribution in [3.8, 4) is 5.75 Å². The molecule has 18 heavy (non-hydrogen) atoms. The number of pyridine rings is 1. The molecule has 0 bridgehead atoms. The van der Waals surface area contributed by atoms with Gasteiger partial charge in [-0.2, -0.15) is 0 Å². The minimum atomic E-state index is -0.130. The first-order valence-corrected chi connectivity index (χ1v) is 6.05. The molecule has 1 heterocycles. The van der Waals surface area contributed by atoms with Crippen LogP contribution in [-0.2, 0) is 0 Å². The number of hydrogen-bond donors (Lipinski definition) is 0. The van der Waals surface area contributed by atoms with Crippen molar-refractivity contribution in [2.45, 2.75) is 18.9 Å². The number of carbonyl (C=O) groups excluding carboxylic acids is 1. The minimum Gasteiger partial charge on any atom is -0.486 e.